The second-order valence-corrected chi connectivity index (χ2v) is 10.2. The van der Waals surface area contributed by atoms with Gasteiger partial charge in [0.1, 0.15) is 0 Å². The molecule has 180 valence electrons. The first-order valence-electron chi connectivity index (χ1n) is 11.7. The van der Waals surface area contributed by atoms with Crippen LogP contribution in [0.3, 0.4) is 0 Å². The van der Waals surface area contributed by atoms with Crippen LogP contribution in [-0.2, 0) is 11.2 Å². The van der Waals surface area contributed by atoms with Gasteiger partial charge in [0, 0.05) is 24.9 Å². The first-order valence-corrected chi connectivity index (χ1v) is 11.7. The fraction of sp³-hybridized carbons (Fsp3) is 0.654. The molecule has 1 heterocycles. The van der Waals surface area contributed by atoms with E-state index in [-0.39, 0.29) is 36.3 Å². The first-order chi connectivity index (χ1) is 14.9. The summed E-state index contributed by atoms with van der Waals surface area (Å²) in [6, 6.07) is 7.88. The second kappa shape index (κ2) is 11.4. The monoisotopic (exact) mass is 453 g/mol. The molecular formula is C26H38F3NO2. The highest BCUT2D eigenvalue weighted by molar-refractivity contribution is 5.67. The molecule has 0 aromatic heterocycles. The zero-order valence-electron chi connectivity index (χ0n) is 19.8. The Kier molecular flexibility index (Phi) is 9.38. The number of likely N-dealkylation sites (tertiary alicyclic amines) is 1. The number of benzene rings is 1. The van der Waals surface area contributed by atoms with Gasteiger partial charge in [0.15, 0.2) is 0 Å². The van der Waals surface area contributed by atoms with Crippen LogP contribution in [0.1, 0.15) is 83.4 Å². The van der Waals surface area contributed by atoms with Crippen LogP contribution in [0.2, 0.25) is 0 Å². The number of hydrogen-bond donors (Lipinski definition) is 1. The van der Waals surface area contributed by atoms with Crippen molar-refractivity contribution in [2.45, 2.75) is 90.9 Å². The lowest BCUT2D eigenvalue weighted by Crippen LogP contribution is -2.43. The van der Waals surface area contributed by atoms with Gasteiger partial charge in [0.25, 0.3) is 0 Å². The van der Waals surface area contributed by atoms with Crippen LogP contribution >= 0.6 is 0 Å². The molecule has 1 aromatic rings. The first kappa shape index (κ1) is 26.4. The molecule has 0 spiro atoms. The lowest BCUT2D eigenvalue weighted by Gasteiger charge is -2.43. The number of hydrogen-bond acceptors (Lipinski definition) is 2. The number of carboxylic acid groups (broad SMARTS) is 1. The molecule has 3 unspecified atom stereocenters. The summed E-state index contributed by atoms with van der Waals surface area (Å²) in [5, 5.41) is 9.29. The fourth-order valence-corrected chi connectivity index (χ4v) is 4.49. The highest BCUT2D eigenvalue weighted by atomic mass is 19.4. The lowest BCUT2D eigenvalue weighted by atomic mass is 9.83. The SMILES string of the molecule is CCCc1ccc(C2CC(CC(=O)O)CCN2C(/C=C\C(C)(C)C)CCC(F)(F)F)cc1. The van der Waals surface area contributed by atoms with Crippen LogP contribution in [0.4, 0.5) is 13.2 Å². The third kappa shape index (κ3) is 8.97. The van der Waals surface area contributed by atoms with E-state index in [9.17, 15) is 23.1 Å². The van der Waals surface area contributed by atoms with Crippen LogP contribution in [-0.4, -0.2) is 34.7 Å². The van der Waals surface area contributed by atoms with Crippen molar-refractivity contribution in [2.24, 2.45) is 11.3 Å². The molecule has 0 amide bonds. The maximum absolute atomic E-state index is 13.1. The molecule has 6 heteroatoms. The van der Waals surface area contributed by atoms with Crippen molar-refractivity contribution < 1.29 is 23.1 Å². The van der Waals surface area contributed by atoms with Crippen molar-refractivity contribution in [1.29, 1.82) is 0 Å². The number of nitrogens with zero attached hydrogens (tertiary/aromatic N) is 1. The van der Waals surface area contributed by atoms with E-state index in [1.54, 1.807) is 0 Å². The molecule has 0 saturated carbocycles. The van der Waals surface area contributed by atoms with Gasteiger partial charge in [-0.05, 0) is 54.7 Å². The predicted molar refractivity (Wildman–Crippen MR) is 123 cm³/mol. The maximum atomic E-state index is 13.1. The number of aryl methyl sites for hydroxylation is 1. The third-order valence-corrected chi connectivity index (χ3v) is 6.09. The quantitative estimate of drug-likeness (QED) is 0.403. The van der Waals surface area contributed by atoms with E-state index in [0.29, 0.717) is 19.4 Å². The zero-order chi connectivity index (χ0) is 23.9. The molecule has 1 aromatic carbocycles. The van der Waals surface area contributed by atoms with Gasteiger partial charge in [0.2, 0.25) is 0 Å². The third-order valence-electron chi connectivity index (χ3n) is 6.09. The molecule has 32 heavy (non-hydrogen) atoms. The lowest BCUT2D eigenvalue weighted by molar-refractivity contribution is -0.140. The number of carboxylic acids is 1. The van der Waals surface area contributed by atoms with Gasteiger partial charge in [-0.25, -0.2) is 0 Å². The molecule has 1 N–H and O–H groups in total. The van der Waals surface area contributed by atoms with E-state index in [1.807, 2.05) is 32.9 Å². The Hall–Kier alpha value is -1.82. The van der Waals surface area contributed by atoms with E-state index in [0.717, 1.165) is 18.4 Å². The molecule has 0 bridgehead atoms. The number of aliphatic carboxylic acids is 1. The summed E-state index contributed by atoms with van der Waals surface area (Å²) in [6.45, 7) is 8.82. The summed E-state index contributed by atoms with van der Waals surface area (Å²) in [5.74, 6) is -0.791. The van der Waals surface area contributed by atoms with Gasteiger partial charge in [-0.2, -0.15) is 13.2 Å². The number of allylic oxidation sites excluding steroid dienone is 1. The van der Waals surface area contributed by atoms with E-state index < -0.39 is 18.6 Å². The maximum Gasteiger partial charge on any atom is 0.389 e. The average molecular weight is 454 g/mol. The summed E-state index contributed by atoms with van der Waals surface area (Å²) in [7, 11) is 0. The Labute approximate surface area is 190 Å². The van der Waals surface area contributed by atoms with E-state index >= 15 is 0 Å². The molecule has 1 fully saturated rings. The van der Waals surface area contributed by atoms with E-state index in [1.165, 1.54) is 5.56 Å². The molecule has 3 atom stereocenters. The van der Waals surface area contributed by atoms with Gasteiger partial charge in [0.05, 0.1) is 0 Å². The zero-order valence-corrected chi connectivity index (χ0v) is 19.8. The Bertz CT molecular complexity index is 750. The number of rotatable bonds is 9. The van der Waals surface area contributed by atoms with Crippen molar-refractivity contribution in [3.63, 3.8) is 0 Å². The molecule has 3 nitrogen and oxygen atoms in total. The largest absolute Gasteiger partial charge is 0.481 e. The Balaban J connectivity index is 2.35. The Morgan fingerprint density at radius 1 is 1.22 bits per heavy atom. The second-order valence-electron chi connectivity index (χ2n) is 10.2. The Morgan fingerprint density at radius 3 is 2.41 bits per heavy atom. The standard InChI is InChI=1S/C26H38F3NO2/c1-5-6-19-7-9-21(10-8-19)23-17-20(18-24(31)32)13-16-30(23)22(11-14-25(2,3)4)12-15-26(27,28)29/h7-11,14,20,22-23H,5-6,12-13,15-18H2,1-4H3,(H,31,32)/b14-11-. The summed E-state index contributed by atoms with van der Waals surface area (Å²) in [4.78, 5) is 13.5. The van der Waals surface area contributed by atoms with Crippen LogP contribution in [0.5, 0.6) is 0 Å². The number of piperidine rings is 1. The van der Waals surface area contributed by atoms with Gasteiger partial charge in [-0.3, -0.25) is 9.69 Å². The minimum Gasteiger partial charge on any atom is -0.481 e. The number of carbonyl (C=O) groups is 1. The number of halogens is 3. The normalized spacial score (nSPS) is 21.7. The smallest absolute Gasteiger partial charge is 0.389 e. The van der Waals surface area contributed by atoms with E-state index in [2.05, 4.69) is 36.1 Å². The topological polar surface area (TPSA) is 40.5 Å². The van der Waals surface area contributed by atoms with Crippen molar-refractivity contribution in [3.05, 3.63) is 47.5 Å². The summed E-state index contributed by atoms with van der Waals surface area (Å²) in [6.07, 6.45) is 2.36. The van der Waals surface area contributed by atoms with Crippen molar-refractivity contribution >= 4 is 5.97 Å². The van der Waals surface area contributed by atoms with Crippen LogP contribution in [0, 0.1) is 11.3 Å². The van der Waals surface area contributed by atoms with Gasteiger partial charge in [-0.15, -0.1) is 0 Å². The van der Waals surface area contributed by atoms with Crippen molar-refractivity contribution in [3.8, 4) is 0 Å². The molecular weight excluding hydrogens is 415 g/mol. The summed E-state index contributed by atoms with van der Waals surface area (Å²) >= 11 is 0. The van der Waals surface area contributed by atoms with Crippen LogP contribution < -0.4 is 0 Å². The van der Waals surface area contributed by atoms with Crippen molar-refractivity contribution in [1.82, 2.24) is 4.90 Å². The summed E-state index contributed by atoms with van der Waals surface area (Å²) in [5.41, 5.74) is 2.16. The molecule has 1 aliphatic heterocycles. The van der Waals surface area contributed by atoms with Crippen LogP contribution in [0.15, 0.2) is 36.4 Å². The van der Waals surface area contributed by atoms with Gasteiger partial charge in [-0.1, -0.05) is 70.5 Å². The number of alkyl halides is 3. The van der Waals surface area contributed by atoms with Gasteiger partial charge >= 0.3 is 12.1 Å². The molecule has 0 radical (unpaired) electrons. The minimum atomic E-state index is -4.20. The molecule has 2 rings (SSSR count). The van der Waals surface area contributed by atoms with Crippen molar-refractivity contribution in [2.75, 3.05) is 6.54 Å². The fourth-order valence-electron chi connectivity index (χ4n) is 4.49. The highest BCUT2D eigenvalue weighted by Gasteiger charge is 2.36. The minimum absolute atomic E-state index is 0.00406. The van der Waals surface area contributed by atoms with E-state index in [4.69, 9.17) is 0 Å². The molecule has 1 saturated heterocycles. The van der Waals surface area contributed by atoms with Gasteiger partial charge < -0.3 is 5.11 Å². The molecule has 0 aliphatic carbocycles. The Morgan fingerprint density at radius 2 is 1.88 bits per heavy atom. The highest BCUT2D eigenvalue weighted by Crippen LogP contribution is 2.39. The molecule has 1 aliphatic rings. The van der Waals surface area contributed by atoms with Crippen LogP contribution in [0.25, 0.3) is 0 Å². The summed E-state index contributed by atoms with van der Waals surface area (Å²) < 4.78 is 39.3. The predicted octanol–water partition coefficient (Wildman–Crippen LogP) is 7.18. The average Bonchev–Trinajstić information content (AvgIpc) is 2.67.